The Balaban J connectivity index is 1.69. The summed E-state index contributed by atoms with van der Waals surface area (Å²) in [4.78, 5) is 22.5. The van der Waals surface area contributed by atoms with E-state index in [9.17, 15) is 14.9 Å². The molecule has 0 bridgehead atoms. The van der Waals surface area contributed by atoms with Crippen LogP contribution in [0.2, 0.25) is 0 Å². The topological polar surface area (TPSA) is 93.8 Å². The van der Waals surface area contributed by atoms with Crippen LogP contribution >= 0.6 is 15.9 Å². The zero-order valence-corrected chi connectivity index (χ0v) is 16.7. The van der Waals surface area contributed by atoms with Gasteiger partial charge in [-0.3, -0.25) is 14.9 Å². The number of hydrazone groups is 1. The van der Waals surface area contributed by atoms with Gasteiger partial charge in [0, 0.05) is 27.7 Å². The molecule has 7 nitrogen and oxygen atoms in total. The Hall–Kier alpha value is -3.52. The van der Waals surface area contributed by atoms with Crippen molar-refractivity contribution in [2.45, 2.75) is 6.61 Å². The number of hydrogen-bond donors (Lipinski definition) is 1. The zero-order valence-electron chi connectivity index (χ0n) is 15.1. The number of nitro benzene ring substituents is 1. The van der Waals surface area contributed by atoms with Crippen molar-refractivity contribution in [3.8, 4) is 5.75 Å². The van der Waals surface area contributed by atoms with Crippen LogP contribution in [-0.2, 0) is 6.61 Å². The average molecular weight is 454 g/mol. The summed E-state index contributed by atoms with van der Waals surface area (Å²) in [5.74, 6) is 0.0529. The van der Waals surface area contributed by atoms with Crippen molar-refractivity contribution in [1.82, 2.24) is 5.43 Å². The molecule has 0 aliphatic carbocycles. The normalized spacial score (nSPS) is 10.7. The molecule has 3 aromatic carbocycles. The molecule has 0 spiro atoms. The smallest absolute Gasteiger partial charge is 0.271 e. The lowest BCUT2D eigenvalue weighted by molar-refractivity contribution is -0.384. The lowest BCUT2D eigenvalue weighted by Gasteiger charge is -2.09. The van der Waals surface area contributed by atoms with E-state index in [0.717, 1.165) is 10.0 Å². The third kappa shape index (κ3) is 5.73. The number of carbonyl (C=O) groups is 1. The Kier molecular flexibility index (Phi) is 6.70. The van der Waals surface area contributed by atoms with E-state index in [1.165, 1.54) is 30.5 Å². The van der Waals surface area contributed by atoms with Crippen LogP contribution in [0.5, 0.6) is 5.75 Å². The van der Waals surface area contributed by atoms with Gasteiger partial charge in [0.2, 0.25) is 0 Å². The molecule has 146 valence electrons. The van der Waals surface area contributed by atoms with Crippen molar-refractivity contribution in [2.24, 2.45) is 5.10 Å². The second-order valence-electron chi connectivity index (χ2n) is 5.96. The highest BCUT2D eigenvalue weighted by Crippen LogP contribution is 2.23. The average Bonchev–Trinajstić information content (AvgIpc) is 2.74. The molecule has 29 heavy (non-hydrogen) atoms. The zero-order chi connectivity index (χ0) is 20.6. The van der Waals surface area contributed by atoms with Crippen LogP contribution < -0.4 is 10.2 Å². The van der Waals surface area contributed by atoms with Gasteiger partial charge < -0.3 is 4.74 Å². The van der Waals surface area contributed by atoms with Gasteiger partial charge in [-0.2, -0.15) is 5.10 Å². The van der Waals surface area contributed by atoms with Crippen LogP contribution in [0.15, 0.2) is 82.4 Å². The highest BCUT2D eigenvalue weighted by Gasteiger charge is 2.11. The maximum atomic E-state index is 12.2. The molecular weight excluding hydrogens is 438 g/mol. The number of amides is 1. The van der Waals surface area contributed by atoms with Gasteiger partial charge in [-0.1, -0.05) is 52.3 Å². The molecule has 0 radical (unpaired) electrons. The van der Waals surface area contributed by atoms with E-state index in [2.05, 4.69) is 26.5 Å². The molecule has 3 rings (SSSR count). The number of hydrogen-bond acceptors (Lipinski definition) is 5. The first-order valence-corrected chi connectivity index (χ1v) is 9.36. The van der Waals surface area contributed by atoms with Crippen molar-refractivity contribution in [2.75, 3.05) is 0 Å². The fourth-order valence-electron chi connectivity index (χ4n) is 2.47. The fourth-order valence-corrected chi connectivity index (χ4v) is 2.85. The quantitative estimate of drug-likeness (QED) is 0.318. The maximum Gasteiger partial charge on any atom is 0.271 e. The monoisotopic (exact) mass is 453 g/mol. The molecule has 3 aromatic rings. The molecule has 0 unspecified atom stereocenters. The summed E-state index contributed by atoms with van der Waals surface area (Å²) in [6.07, 6.45) is 1.46. The third-order valence-electron chi connectivity index (χ3n) is 3.90. The summed E-state index contributed by atoms with van der Waals surface area (Å²) in [6, 6.07) is 20.6. The number of nitrogens with one attached hydrogen (secondary N) is 1. The molecule has 0 saturated carbocycles. The molecular formula is C21H16BrN3O4. The first-order chi connectivity index (χ1) is 14.0. The van der Waals surface area contributed by atoms with Crippen LogP contribution in [0.4, 0.5) is 5.69 Å². The van der Waals surface area contributed by atoms with Crippen LogP contribution in [0.25, 0.3) is 0 Å². The summed E-state index contributed by atoms with van der Waals surface area (Å²) >= 11 is 3.40. The van der Waals surface area contributed by atoms with Crippen molar-refractivity contribution in [1.29, 1.82) is 0 Å². The minimum atomic E-state index is -0.558. The van der Waals surface area contributed by atoms with E-state index >= 15 is 0 Å². The predicted molar refractivity (Wildman–Crippen MR) is 113 cm³/mol. The summed E-state index contributed by atoms with van der Waals surface area (Å²) in [5.41, 5.74) is 4.04. The van der Waals surface area contributed by atoms with E-state index < -0.39 is 10.8 Å². The molecule has 0 fully saturated rings. The molecule has 0 aliphatic rings. The molecule has 0 aliphatic heterocycles. The van der Waals surface area contributed by atoms with E-state index in [-0.39, 0.29) is 11.3 Å². The van der Waals surface area contributed by atoms with Crippen LogP contribution in [0.1, 0.15) is 21.5 Å². The van der Waals surface area contributed by atoms with Gasteiger partial charge in [-0.25, -0.2) is 5.43 Å². The van der Waals surface area contributed by atoms with Gasteiger partial charge in [0.15, 0.2) is 0 Å². The molecule has 1 N–H and O–H groups in total. The van der Waals surface area contributed by atoms with Crippen molar-refractivity contribution < 1.29 is 14.5 Å². The van der Waals surface area contributed by atoms with Crippen LogP contribution in [0.3, 0.4) is 0 Å². The lowest BCUT2D eigenvalue weighted by Crippen LogP contribution is -2.17. The SMILES string of the molecule is O=C(N/N=C\c1cc(Br)ccc1OCc1ccccc1)c1cccc([N+](=O)[O-])c1. The van der Waals surface area contributed by atoms with Crippen LogP contribution in [0, 0.1) is 10.1 Å². The predicted octanol–water partition coefficient (Wildman–Crippen LogP) is 4.70. The number of nitro groups is 1. The number of rotatable bonds is 7. The Morgan fingerprint density at radius 3 is 2.66 bits per heavy atom. The molecule has 0 heterocycles. The Bertz CT molecular complexity index is 1050. The number of carbonyl (C=O) groups excluding carboxylic acids is 1. The van der Waals surface area contributed by atoms with Gasteiger partial charge in [0.1, 0.15) is 12.4 Å². The Morgan fingerprint density at radius 2 is 1.90 bits per heavy atom. The highest BCUT2D eigenvalue weighted by molar-refractivity contribution is 9.10. The van der Waals surface area contributed by atoms with Crippen molar-refractivity contribution >= 4 is 33.7 Å². The van der Waals surface area contributed by atoms with Gasteiger partial charge in [0.05, 0.1) is 11.1 Å². The first kappa shape index (κ1) is 20.2. The van der Waals surface area contributed by atoms with Gasteiger partial charge in [-0.15, -0.1) is 0 Å². The summed E-state index contributed by atoms with van der Waals surface area (Å²) < 4.78 is 6.69. The summed E-state index contributed by atoms with van der Waals surface area (Å²) in [7, 11) is 0. The first-order valence-electron chi connectivity index (χ1n) is 8.57. The molecule has 0 atom stereocenters. The third-order valence-corrected chi connectivity index (χ3v) is 4.39. The van der Waals surface area contributed by atoms with E-state index in [1.54, 1.807) is 6.07 Å². The number of nitrogens with zero attached hydrogens (tertiary/aromatic N) is 2. The van der Waals surface area contributed by atoms with E-state index in [1.807, 2.05) is 42.5 Å². The Labute approximate surface area is 175 Å². The van der Waals surface area contributed by atoms with Gasteiger partial charge in [-0.05, 0) is 29.8 Å². The standard InChI is InChI=1S/C21H16BrN3O4/c22-18-9-10-20(29-14-15-5-2-1-3-6-15)17(11-18)13-23-24-21(26)16-7-4-8-19(12-16)25(27)28/h1-13H,14H2,(H,24,26)/b23-13-. The minimum Gasteiger partial charge on any atom is -0.488 e. The minimum absolute atomic E-state index is 0.145. The van der Waals surface area contributed by atoms with E-state index in [4.69, 9.17) is 4.74 Å². The maximum absolute atomic E-state index is 12.2. The lowest BCUT2D eigenvalue weighted by atomic mass is 10.2. The number of non-ortho nitro benzene ring substituents is 1. The number of halogens is 1. The van der Waals surface area contributed by atoms with Crippen molar-refractivity contribution in [3.63, 3.8) is 0 Å². The second kappa shape index (κ2) is 9.61. The number of benzene rings is 3. The van der Waals surface area contributed by atoms with Gasteiger partial charge >= 0.3 is 0 Å². The van der Waals surface area contributed by atoms with Crippen molar-refractivity contribution in [3.05, 3.63) is 104 Å². The molecule has 0 aromatic heterocycles. The molecule has 8 heteroatoms. The van der Waals surface area contributed by atoms with Gasteiger partial charge in [0.25, 0.3) is 11.6 Å². The largest absolute Gasteiger partial charge is 0.488 e. The summed E-state index contributed by atoms with van der Waals surface area (Å²) in [6.45, 7) is 0.392. The van der Waals surface area contributed by atoms with E-state index in [0.29, 0.717) is 17.9 Å². The molecule has 1 amide bonds. The number of ether oxygens (including phenoxy) is 1. The fraction of sp³-hybridized carbons (Fsp3) is 0.0476. The second-order valence-corrected chi connectivity index (χ2v) is 6.88. The highest BCUT2D eigenvalue weighted by atomic mass is 79.9. The molecule has 0 saturated heterocycles. The Morgan fingerprint density at radius 1 is 1.10 bits per heavy atom. The summed E-state index contributed by atoms with van der Waals surface area (Å²) in [5, 5.41) is 14.8. The van der Waals surface area contributed by atoms with Crippen LogP contribution in [-0.4, -0.2) is 17.0 Å².